The summed E-state index contributed by atoms with van der Waals surface area (Å²) in [6.45, 7) is 5.32. The van der Waals surface area contributed by atoms with Crippen LogP contribution in [0.4, 0.5) is 0 Å². The second-order valence-corrected chi connectivity index (χ2v) is 8.75. The lowest BCUT2D eigenvalue weighted by molar-refractivity contribution is 0.0654. The van der Waals surface area contributed by atoms with Crippen molar-refractivity contribution in [3.05, 3.63) is 35.4 Å². The first-order valence-corrected chi connectivity index (χ1v) is 11.0. The van der Waals surface area contributed by atoms with Crippen molar-refractivity contribution in [3.63, 3.8) is 0 Å². The highest BCUT2D eigenvalue weighted by Gasteiger charge is 2.34. The highest BCUT2D eigenvalue weighted by molar-refractivity contribution is 7.89. The molecule has 8 nitrogen and oxygen atoms in total. The summed E-state index contributed by atoms with van der Waals surface area (Å²) in [5, 5.41) is 3.28. The molecule has 164 valence electrons. The monoisotopic (exact) mass is 466 g/mol. The number of carbonyl (C=O) groups excluding carboxylic acids is 2. The molecule has 1 aromatic carbocycles. The molecule has 2 N–H and O–H groups in total. The van der Waals surface area contributed by atoms with E-state index in [1.165, 1.54) is 0 Å². The van der Waals surface area contributed by atoms with Crippen LogP contribution in [0.2, 0.25) is 0 Å². The first-order valence-electron chi connectivity index (χ1n) is 9.33. The van der Waals surface area contributed by atoms with Gasteiger partial charge in [-0.1, -0.05) is 12.1 Å². The van der Waals surface area contributed by atoms with E-state index in [9.17, 15) is 18.0 Å². The average molecular weight is 467 g/mol. The van der Waals surface area contributed by atoms with Crippen molar-refractivity contribution in [3.8, 4) is 0 Å². The van der Waals surface area contributed by atoms with Gasteiger partial charge in [0.25, 0.3) is 11.8 Å². The number of amides is 2. The van der Waals surface area contributed by atoms with Gasteiger partial charge in [-0.2, -0.15) is 0 Å². The van der Waals surface area contributed by atoms with Gasteiger partial charge in [0, 0.05) is 39.3 Å². The van der Waals surface area contributed by atoms with Crippen LogP contribution in [0.3, 0.4) is 0 Å². The van der Waals surface area contributed by atoms with Crippen molar-refractivity contribution >= 4 is 46.7 Å². The number of fused-ring (bicyclic) bond motifs is 1. The summed E-state index contributed by atoms with van der Waals surface area (Å²) in [4.78, 5) is 28.0. The fraction of sp³-hybridized carbons (Fsp3) is 0.556. The van der Waals surface area contributed by atoms with Gasteiger partial charge in [-0.15, -0.1) is 24.8 Å². The van der Waals surface area contributed by atoms with Gasteiger partial charge in [0.2, 0.25) is 10.0 Å². The van der Waals surface area contributed by atoms with E-state index in [1.54, 1.807) is 24.3 Å². The molecular formula is C18H28Cl2N4O4S. The van der Waals surface area contributed by atoms with E-state index in [0.717, 1.165) is 44.0 Å². The first-order chi connectivity index (χ1) is 13.0. The number of imide groups is 1. The highest BCUT2D eigenvalue weighted by Crippen LogP contribution is 2.22. The largest absolute Gasteiger partial charge is 0.314 e. The van der Waals surface area contributed by atoms with Gasteiger partial charge in [0.15, 0.2) is 0 Å². The Kier molecular flexibility index (Phi) is 10.5. The van der Waals surface area contributed by atoms with E-state index in [1.807, 2.05) is 0 Å². The Balaban J connectivity index is 0.00000210. The maximum atomic E-state index is 12.3. The molecule has 1 saturated heterocycles. The van der Waals surface area contributed by atoms with E-state index in [-0.39, 0.29) is 55.3 Å². The van der Waals surface area contributed by atoms with Gasteiger partial charge in [0.05, 0.1) is 16.9 Å². The average Bonchev–Trinajstić information content (AvgIpc) is 2.91. The van der Waals surface area contributed by atoms with Crippen LogP contribution < -0.4 is 10.0 Å². The Morgan fingerprint density at radius 2 is 1.52 bits per heavy atom. The number of benzene rings is 1. The number of halogens is 2. The first kappa shape index (κ1) is 25.8. The minimum absolute atomic E-state index is 0. The predicted octanol–water partition coefficient (Wildman–Crippen LogP) is 0.731. The lowest BCUT2D eigenvalue weighted by Gasteiger charge is -2.27. The lowest BCUT2D eigenvalue weighted by Crippen LogP contribution is -2.44. The second kappa shape index (κ2) is 11.8. The Hall–Kier alpha value is -1.23. The zero-order chi connectivity index (χ0) is 19.3. The SMILES string of the molecule is Cl.Cl.O=C1c2ccccc2C(=O)N1CCCS(=O)(=O)NCCCN1CCNCC1. The summed E-state index contributed by atoms with van der Waals surface area (Å²) in [5.74, 6) is -0.803. The van der Waals surface area contributed by atoms with Gasteiger partial charge >= 0.3 is 0 Å². The minimum atomic E-state index is -3.41. The molecule has 0 atom stereocenters. The van der Waals surface area contributed by atoms with Crippen LogP contribution in [0.5, 0.6) is 0 Å². The number of carbonyl (C=O) groups is 2. The quantitative estimate of drug-likeness (QED) is 0.411. The number of piperazine rings is 1. The molecule has 2 amide bonds. The number of sulfonamides is 1. The topological polar surface area (TPSA) is 98.8 Å². The summed E-state index contributed by atoms with van der Waals surface area (Å²) in [6, 6.07) is 6.66. The van der Waals surface area contributed by atoms with E-state index >= 15 is 0 Å². The molecule has 0 bridgehead atoms. The number of nitrogens with zero attached hydrogens (tertiary/aromatic N) is 2. The van der Waals surface area contributed by atoms with Crippen LogP contribution in [0.25, 0.3) is 0 Å². The fourth-order valence-electron chi connectivity index (χ4n) is 3.39. The molecule has 2 aliphatic rings. The van der Waals surface area contributed by atoms with Crippen molar-refractivity contribution in [2.24, 2.45) is 0 Å². The Morgan fingerprint density at radius 3 is 2.10 bits per heavy atom. The van der Waals surface area contributed by atoms with Gasteiger partial charge in [0.1, 0.15) is 0 Å². The Labute approximate surface area is 184 Å². The molecule has 29 heavy (non-hydrogen) atoms. The molecule has 1 fully saturated rings. The lowest BCUT2D eigenvalue weighted by atomic mass is 10.1. The Bertz CT molecular complexity index is 766. The number of nitrogens with one attached hydrogen (secondary N) is 2. The van der Waals surface area contributed by atoms with Gasteiger partial charge in [-0.3, -0.25) is 14.5 Å². The summed E-state index contributed by atoms with van der Waals surface area (Å²) in [6.07, 6.45) is 0.982. The maximum Gasteiger partial charge on any atom is 0.261 e. The summed E-state index contributed by atoms with van der Waals surface area (Å²) < 4.78 is 26.8. The van der Waals surface area contributed by atoms with Crippen LogP contribution in [-0.2, 0) is 10.0 Å². The zero-order valence-corrected chi connectivity index (χ0v) is 18.6. The van der Waals surface area contributed by atoms with Crippen molar-refractivity contribution in [1.82, 2.24) is 19.8 Å². The Morgan fingerprint density at radius 1 is 0.931 bits per heavy atom. The van der Waals surface area contributed by atoms with E-state index in [4.69, 9.17) is 0 Å². The molecule has 2 heterocycles. The molecule has 2 aliphatic heterocycles. The van der Waals surface area contributed by atoms with Crippen molar-refractivity contribution in [2.75, 3.05) is 51.6 Å². The summed E-state index contributed by atoms with van der Waals surface area (Å²) in [5.41, 5.74) is 0.771. The third-order valence-corrected chi connectivity index (χ3v) is 6.33. The molecule has 0 saturated carbocycles. The predicted molar refractivity (Wildman–Crippen MR) is 117 cm³/mol. The smallest absolute Gasteiger partial charge is 0.261 e. The molecule has 0 unspecified atom stereocenters. The number of rotatable bonds is 9. The number of hydrogen-bond acceptors (Lipinski definition) is 6. The normalized spacial score (nSPS) is 16.9. The van der Waals surface area contributed by atoms with Crippen LogP contribution in [0.1, 0.15) is 33.6 Å². The second-order valence-electron chi connectivity index (χ2n) is 6.82. The van der Waals surface area contributed by atoms with Gasteiger partial charge < -0.3 is 10.2 Å². The fourth-order valence-corrected chi connectivity index (χ4v) is 4.50. The third kappa shape index (κ3) is 6.91. The standard InChI is InChI=1S/C18H26N4O4S.2ClH/c23-17-15-5-1-2-6-16(15)18(24)22(17)11-4-14-27(25,26)20-7-3-10-21-12-8-19-9-13-21;;/h1-2,5-6,19-20H,3-4,7-14H2;2*1H. The summed E-state index contributed by atoms with van der Waals surface area (Å²) in [7, 11) is -3.41. The molecule has 1 aromatic rings. The van der Waals surface area contributed by atoms with Crippen LogP contribution in [0, 0.1) is 0 Å². The highest BCUT2D eigenvalue weighted by atomic mass is 35.5. The molecule has 11 heteroatoms. The third-order valence-electron chi connectivity index (χ3n) is 4.86. The van der Waals surface area contributed by atoms with Crippen molar-refractivity contribution in [2.45, 2.75) is 12.8 Å². The van der Waals surface area contributed by atoms with E-state index in [2.05, 4.69) is 14.9 Å². The molecule has 3 rings (SSSR count). The van der Waals surface area contributed by atoms with Crippen LogP contribution >= 0.6 is 24.8 Å². The van der Waals surface area contributed by atoms with Gasteiger partial charge in [-0.25, -0.2) is 13.1 Å². The van der Waals surface area contributed by atoms with E-state index in [0.29, 0.717) is 17.7 Å². The number of hydrogen-bond donors (Lipinski definition) is 2. The van der Waals surface area contributed by atoms with Crippen LogP contribution in [0.15, 0.2) is 24.3 Å². The minimum Gasteiger partial charge on any atom is -0.314 e. The molecular weight excluding hydrogens is 439 g/mol. The zero-order valence-electron chi connectivity index (χ0n) is 16.1. The van der Waals surface area contributed by atoms with Gasteiger partial charge in [-0.05, 0) is 31.5 Å². The summed E-state index contributed by atoms with van der Waals surface area (Å²) >= 11 is 0. The molecule has 0 radical (unpaired) electrons. The van der Waals surface area contributed by atoms with Crippen molar-refractivity contribution in [1.29, 1.82) is 0 Å². The maximum absolute atomic E-state index is 12.3. The van der Waals surface area contributed by atoms with E-state index < -0.39 is 10.0 Å². The molecule has 0 aromatic heterocycles. The molecule has 0 spiro atoms. The van der Waals surface area contributed by atoms with Crippen molar-refractivity contribution < 1.29 is 18.0 Å². The molecule has 0 aliphatic carbocycles. The van der Waals surface area contributed by atoms with Crippen LogP contribution in [-0.4, -0.2) is 81.6 Å².